The van der Waals surface area contributed by atoms with E-state index >= 15 is 0 Å². The van der Waals surface area contributed by atoms with E-state index in [0.29, 0.717) is 11.7 Å². The molecule has 0 atom stereocenters. The standard InChI is InChI=1S/C18H20N2O4.ClH/c1-12(21)23-17-6-4-3-5-15(17)11-16-18(19-24-13(2)22)14-7-9-20(16)10-8-14;/h3-6,11,14H,7-10H2,1-2H3;1H/b16-11+,19-18+;. The molecular weight excluding hydrogens is 344 g/mol. The van der Waals surface area contributed by atoms with Gasteiger partial charge < -0.3 is 14.5 Å². The molecule has 25 heavy (non-hydrogen) atoms. The number of ether oxygens (including phenoxy) is 1. The van der Waals surface area contributed by atoms with Crippen LogP contribution in [0.4, 0.5) is 0 Å². The van der Waals surface area contributed by atoms with Gasteiger partial charge in [-0.05, 0) is 25.0 Å². The fourth-order valence-corrected chi connectivity index (χ4v) is 3.16. The molecule has 3 heterocycles. The Kier molecular flexibility index (Phi) is 6.20. The van der Waals surface area contributed by atoms with Crippen molar-refractivity contribution in [3.8, 4) is 5.75 Å². The van der Waals surface area contributed by atoms with Crippen molar-refractivity contribution in [2.45, 2.75) is 26.7 Å². The first-order valence-corrected chi connectivity index (χ1v) is 8.04. The SMILES string of the molecule is CC(=O)O/N=C1/C(=C\c2ccccc2OC(C)=O)N2CCC1CC2.Cl. The molecule has 0 saturated carbocycles. The number of fused-ring (bicyclic) bond motifs is 3. The van der Waals surface area contributed by atoms with Crippen LogP contribution in [0.15, 0.2) is 35.1 Å². The summed E-state index contributed by atoms with van der Waals surface area (Å²) in [4.78, 5) is 29.5. The van der Waals surface area contributed by atoms with Crippen LogP contribution >= 0.6 is 12.4 Å². The van der Waals surface area contributed by atoms with Gasteiger partial charge in [0, 0.05) is 38.4 Å². The smallest absolute Gasteiger partial charge is 0.331 e. The molecule has 0 aromatic heterocycles. The number of esters is 1. The van der Waals surface area contributed by atoms with Gasteiger partial charge >= 0.3 is 11.9 Å². The molecule has 1 aromatic carbocycles. The van der Waals surface area contributed by atoms with Gasteiger partial charge in [0.2, 0.25) is 0 Å². The highest BCUT2D eigenvalue weighted by molar-refractivity contribution is 6.06. The van der Waals surface area contributed by atoms with Crippen molar-refractivity contribution in [2.24, 2.45) is 11.1 Å². The van der Waals surface area contributed by atoms with E-state index in [4.69, 9.17) is 9.57 Å². The van der Waals surface area contributed by atoms with E-state index in [1.54, 1.807) is 6.07 Å². The van der Waals surface area contributed by atoms with Crippen molar-refractivity contribution in [3.63, 3.8) is 0 Å². The molecule has 3 aliphatic rings. The predicted molar refractivity (Wildman–Crippen MR) is 96.5 cm³/mol. The van der Waals surface area contributed by atoms with Gasteiger partial charge in [-0.25, -0.2) is 4.79 Å². The van der Waals surface area contributed by atoms with E-state index in [-0.39, 0.29) is 18.4 Å². The molecule has 0 N–H and O–H groups in total. The summed E-state index contributed by atoms with van der Waals surface area (Å²) in [5.74, 6) is 0.00667. The summed E-state index contributed by atoms with van der Waals surface area (Å²) in [6.07, 6.45) is 3.96. The van der Waals surface area contributed by atoms with E-state index in [1.807, 2.05) is 24.3 Å². The number of allylic oxidation sites excluding steroid dienone is 1. The van der Waals surface area contributed by atoms with E-state index in [9.17, 15) is 9.59 Å². The molecule has 134 valence electrons. The molecule has 6 nitrogen and oxygen atoms in total. The maximum Gasteiger partial charge on any atom is 0.331 e. The number of hydrogen-bond acceptors (Lipinski definition) is 6. The second-order valence-electron chi connectivity index (χ2n) is 5.98. The molecular formula is C18H21ClN2O4. The highest BCUT2D eigenvalue weighted by atomic mass is 35.5. The molecule has 3 fully saturated rings. The first-order valence-electron chi connectivity index (χ1n) is 8.04. The van der Waals surface area contributed by atoms with E-state index < -0.39 is 5.97 Å². The molecule has 0 radical (unpaired) electrons. The van der Waals surface area contributed by atoms with E-state index in [1.165, 1.54) is 13.8 Å². The third-order valence-electron chi connectivity index (χ3n) is 4.22. The zero-order valence-electron chi connectivity index (χ0n) is 14.2. The zero-order chi connectivity index (χ0) is 17.1. The fourth-order valence-electron chi connectivity index (χ4n) is 3.16. The molecule has 0 spiro atoms. The van der Waals surface area contributed by atoms with Crippen molar-refractivity contribution in [3.05, 3.63) is 35.5 Å². The summed E-state index contributed by atoms with van der Waals surface area (Å²) >= 11 is 0. The molecule has 0 unspecified atom stereocenters. The average Bonchev–Trinajstić information content (AvgIpc) is 2.56. The molecule has 0 aliphatic carbocycles. The number of para-hydroxylation sites is 1. The quantitative estimate of drug-likeness (QED) is 0.357. The Bertz CT molecular complexity index is 722. The average molecular weight is 365 g/mol. The first kappa shape index (κ1) is 19.0. The Hall–Kier alpha value is -2.34. The molecule has 7 heteroatoms. The molecule has 0 amide bonds. The molecule has 2 bridgehead atoms. The minimum atomic E-state index is -0.432. The Morgan fingerprint density at radius 3 is 2.48 bits per heavy atom. The summed E-state index contributed by atoms with van der Waals surface area (Å²) < 4.78 is 5.27. The van der Waals surface area contributed by atoms with Crippen LogP contribution in [0.3, 0.4) is 0 Å². The Morgan fingerprint density at radius 2 is 1.84 bits per heavy atom. The fraction of sp³-hybridized carbons (Fsp3) is 0.389. The van der Waals surface area contributed by atoms with Crippen molar-refractivity contribution in [1.29, 1.82) is 0 Å². The van der Waals surface area contributed by atoms with Crippen molar-refractivity contribution in [2.75, 3.05) is 13.1 Å². The number of carbonyl (C=O) groups excluding carboxylic acids is 2. The number of halogens is 1. The lowest BCUT2D eigenvalue weighted by Crippen LogP contribution is -2.46. The lowest BCUT2D eigenvalue weighted by Gasteiger charge is -2.42. The van der Waals surface area contributed by atoms with Crippen molar-refractivity contribution >= 4 is 36.1 Å². The number of hydrogen-bond donors (Lipinski definition) is 0. The van der Waals surface area contributed by atoms with Crippen molar-refractivity contribution < 1.29 is 19.2 Å². The van der Waals surface area contributed by atoms with Gasteiger partial charge in [0.25, 0.3) is 0 Å². The Labute approximate surface area is 152 Å². The monoisotopic (exact) mass is 364 g/mol. The summed E-state index contributed by atoms with van der Waals surface area (Å²) in [6.45, 7) is 4.62. The van der Waals surface area contributed by atoms with E-state index in [2.05, 4.69) is 10.1 Å². The number of benzene rings is 1. The van der Waals surface area contributed by atoms with Gasteiger partial charge in [-0.3, -0.25) is 4.79 Å². The normalized spacial score (nSPS) is 19.7. The largest absolute Gasteiger partial charge is 0.426 e. The van der Waals surface area contributed by atoms with Gasteiger partial charge in [-0.2, -0.15) is 0 Å². The van der Waals surface area contributed by atoms with Crippen LogP contribution in [0.25, 0.3) is 6.08 Å². The number of carbonyl (C=O) groups is 2. The van der Waals surface area contributed by atoms with Crippen LogP contribution in [0.5, 0.6) is 5.75 Å². The van der Waals surface area contributed by atoms with Gasteiger partial charge in [-0.15, -0.1) is 12.4 Å². The second-order valence-corrected chi connectivity index (χ2v) is 5.98. The number of oxime groups is 1. The van der Waals surface area contributed by atoms with Gasteiger partial charge in [-0.1, -0.05) is 23.4 Å². The van der Waals surface area contributed by atoms with Crippen LogP contribution in [0, 0.1) is 5.92 Å². The van der Waals surface area contributed by atoms with Gasteiger partial charge in [0.05, 0.1) is 5.70 Å². The van der Waals surface area contributed by atoms with Crippen LogP contribution in [0.1, 0.15) is 32.3 Å². The highest BCUT2D eigenvalue weighted by Gasteiger charge is 2.35. The zero-order valence-corrected chi connectivity index (χ0v) is 15.0. The first-order chi connectivity index (χ1) is 11.5. The van der Waals surface area contributed by atoms with Gasteiger partial charge in [0.1, 0.15) is 11.5 Å². The summed E-state index contributed by atoms with van der Waals surface area (Å²) in [6, 6.07) is 7.35. The second kappa shape index (κ2) is 8.16. The van der Waals surface area contributed by atoms with Crippen molar-refractivity contribution in [1.82, 2.24) is 4.90 Å². The predicted octanol–water partition coefficient (Wildman–Crippen LogP) is 3.02. The summed E-state index contributed by atoms with van der Waals surface area (Å²) in [7, 11) is 0. The van der Waals surface area contributed by atoms with Crippen LogP contribution in [0.2, 0.25) is 0 Å². The maximum absolute atomic E-state index is 11.3. The van der Waals surface area contributed by atoms with Crippen LogP contribution in [-0.4, -0.2) is 35.6 Å². The number of piperidine rings is 3. The minimum absolute atomic E-state index is 0. The van der Waals surface area contributed by atoms with E-state index in [0.717, 1.165) is 42.9 Å². The highest BCUT2D eigenvalue weighted by Crippen LogP contribution is 2.34. The lowest BCUT2D eigenvalue weighted by atomic mass is 9.83. The Morgan fingerprint density at radius 1 is 1.16 bits per heavy atom. The number of rotatable bonds is 3. The lowest BCUT2D eigenvalue weighted by molar-refractivity contribution is -0.141. The van der Waals surface area contributed by atoms with Crippen LogP contribution in [-0.2, 0) is 14.4 Å². The summed E-state index contributed by atoms with van der Waals surface area (Å²) in [5.41, 5.74) is 2.52. The summed E-state index contributed by atoms with van der Waals surface area (Å²) in [5, 5.41) is 4.08. The minimum Gasteiger partial charge on any atom is -0.426 e. The molecule has 1 aromatic rings. The maximum atomic E-state index is 11.3. The third-order valence-corrected chi connectivity index (χ3v) is 4.22. The molecule has 3 saturated heterocycles. The van der Waals surface area contributed by atoms with Crippen LogP contribution < -0.4 is 4.74 Å². The topological polar surface area (TPSA) is 68.2 Å². The molecule has 4 rings (SSSR count). The Balaban J connectivity index is 0.00000225. The molecule has 3 aliphatic heterocycles. The number of nitrogens with zero attached hydrogens (tertiary/aromatic N) is 2. The third kappa shape index (κ3) is 4.39. The van der Waals surface area contributed by atoms with Gasteiger partial charge in [0.15, 0.2) is 0 Å².